The van der Waals surface area contributed by atoms with E-state index in [4.69, 9.17) is 11.6 Å². The van der Waals surface area contributed by atoms with E-state index in [1.165, 1.54) is 36.0 Å². The Kier molecular flexibility index (Phi) is 3.80. The van der Waals surface area contributed by atoms with Crippen LogP contribution in [0.1, 0.15) is 63.8 Å². The van der Waals surface area contributed by atoms with Crippen molar-refractivity contribution in [2.45, 2.75) is 45.1 Å². The Morgan fingerprint density at radius 1 is 1.11 bits per heavy atom. The second-order valence-corrected chi connectivity index (χ2v) is 9.08. The standard InChI is InChI=1S/C23H24ClNO2/c1-11-3-4-12(2)16(7-11)22-20-14-6-5-13(8-14)19(20)17-9-15(24)10-18(23(26)27)21(17)25-22/h3-4,7,9-10,13-14,19-20,22,25H,5-6,8H2,1-2H3,(H,26,27)/t13-,14+,19+,20-,22-/m0/s1. The Balaban J connectivity index is 1.72. The molecule has 4 heteroatoms. The average Bonchev–Trinajstić information content (AvgIpc) is 3.25. The number of hydrogen-bond donors (Lipinski definition) is 2. The molecule has 27 heavy (non-hydrogen) atoms. The van der Waals surface area contributed by atoms with Crippen LogP contribution in [0.4, 0.5) is 5.69 Å². The number of aryl methyl sites for hydroxylation is 2. The molecule has 2 bridgehead atoms. The number of halogens is 1. The van der Waals surface area contributed by atoms with Crippen molar-refractivity contribution in [3.05, 3.63) is 63.2 Å². The van der Waals surface area contributed by atoms with Gasteiger partial charge in [-0.05, 0) is 85.6 Å². The van der Waals surface area contributed by atoms with Gasteiger partial charge in [0.2, 0.25) is 0 Å². The smallest absolute Gasteiger partial charge is 0.337 e. The van der Waals surface area contributed by atoms with E-state index in [2.05, 4.69) is 37.4 Å². The van der Waals surface area contributed by atoms with Gasteiger partial charge in [-0.1, -0.05) is 35.4 Å². The molecule has 0 aromatic heterocycles. The molecule has 5 atom stereocenters. The van der Waals surface area contributed by atoms with E-state index in [-0.39, 0.29) is 6.04 Å². The predicted molar refractivity (Wildman–Crippen MR) is 108 cm³/mol. The van der Waals surface area contributed by atoms with E-state index in [1.54, 1.807) is 6.07 Å². The third-order valence-corrected chi connectivity index (χ3v) is 7.38. The lowest BCUT2D eigenvalue weighted by Crippen LogP contribution is -2.36. The molecule has 2 aromatic rings. The lowest BCUT2D eigenvalue weighted by Gasteiger charge is -2.44. The number of hydrogen-bond acceptors (Lipinski definition) is 2. The molecule has 2 N–H and O–H groups in total. The van der Waals surface area contributed by atoms with Gasteiger partial charge < -0.3 is 10.4 Å². The van der Waals surface area contributed by atoms with Crippen molar-refractivity contribution in [3.8, 4) is 0 Å². The van der Waals surface area contributed by atoms with Gasteiger partial charge in [0.05, 0.1) is 17.3 Å². The highest BCUT2D eigenvalue weighted by atomic mass is 35.5. The van der Waals surface area contributed by atoms with Gasteiger partial charge in [-0.25, -0.2) is 4.79 Å². The number of aromatic carboxylic acids is 1. The lowest BCUT2D eigenvalue weighted by molar-refractivity contribution is 0.0697. The number of anilines is 1. The molecule has 140 valence electrons. The van der Waals surface area contributed by atoms with Crippen molar-refractivity contribution in [3.63, 3.8) is 0 Å². The molecule has 1 aliphatic heterocycles. The third kappa shape index (κ3) is 2.51. The zero-order chi connectivity index (χ0) is 18.9. The summed E-state index contributed by atoms with van der Waals surface area (Å²) in [6.07, 6.45) is 3.79. The van der Waals surface area contributed by atoms with Gasteiger partial charge in [-0.15, -0.1) is 0 Å². The summed E-state index contributed by atoms with van der Waals surface area (Å²) in [5.74, 6) is 1.35. The van der Waals surface area contributed by atoms with E-state index in [9.17, 15) is 9.90 Å². The minimum absolute atomic E-state index is 0.164. The van der Waals surface area contributed by atoms with Crippen molar-refractivity contribution < 1.29 is 9.90 Å². The number of nitrogens with one attached hydrogen (secondary N) is 1. The lowest BCUT2D eigenvalue weighted by atomic mass is 9.67. The van der Waals surface area contributed by atoms with Gasteiger partial charge in [0.25, 0.3) is 0 Å². The van der Waals surface area contributed by atoms with E-state index in [0.717, 1.165) is 11.3 Å². The summed E-state index contributed by atoms with van der Waals surface area (Å²) in [5, 5.41) is 14.0. The number of fused-ring (bicyclic) bond motifs is 7. The first-order valence-electron chi connectivity index (χ1n) is 9.84. The quantitative estimate of drug-likeness (QED) is 0.675. The van der Waals surface area contributed by atoms with Crippen molar-refractivity contribution in [2.24, 2.45) is 17.8 Å². The van der Waals surface area contributed by atoms with Crippen LogP contribution in [-0.2, 0) is 0 Å². The number of benzene rings is 2. The minimum atomic E-state index is -0.914. The molecule has 0 radical (unpaired) electrons. The molecule has 1 heterocycles. The molecular formula is C23H24ClNO2. The fourth-order valence-corrected chi connectivity index (χ4v) is 6.36. The van der Waals surface area contributed by atoms with Crippen LogP contribution >= 0.6 is 11.6 Å². The highest BCUT2D eigenvalue weighted by Gasteiger charge is 2.54. The summed E-state index contributed by atoms with van der Waals surface area (Å²) in [6, 6.07) is 10.4. The van der Waals surface area contributed by atoms with Gasteiger partial charge in [-0.2, -0.15) is 0 Å². The first-order chi connectivity index (χ1) is 12.9. The number of rotatable bonds is 2. The van der Waals surface area contributed by atoms with Gasteiger partial charge in [0.15, 0.2) is 0 Å². The summed E-state index contributed by atoms with van der Waals surface area (Å²) in [7, 11) is 0. The predicted octanol–water partition coefficient (Wildman–Crippen LogP) is 5.95. The second kappa shape index (κ2) is 6.00. The highest BCUT2D eigenvalue weighted by Crippen LogP contribution is 2.64. The highest BCUT2D eigenvalue weighted by molar-refractivity contribution is 6.31. The summed E-state index contributed by atoms with van der Waals surface area (Å²) in [6.45, 7) is 4.29. The molecule has 2 aliphatic carbocycles. The Morgan fingerprint density at radius 3 is 2.67 bits per heavy atom. The van der Waals surface area contributed by atoms with Gasteiger partial charge in [0.1, 0.15) is 0 Å². The molecule has 2 saturated carbocycles. The van der Waals surface area contributed by atoms with Crippen LogP contribution in [0, 0.1) is 31.6 Å². The van der Waals surface area contributed by atoms with Gasteiger partial charge >= 0.3 is 5.97 Å². The van der Waals surface area contributed by atoms with Gasteiger partial charge in [0, 0.05) is 5.02 Å². The Morgan fingerprint density at radius 2 is 1.89 bits per heavy atom. The van der Waals surface area contributed by atoms with E-state index < -0.39 is 5.97 Å². The molecular weight excluding hydrogens is 358 g/mol. The van der Waals surface area contributed by atoms with Crippen molar-refractivity contribution >= 4 is 23.3 Å². The fourth-order valence-electron chi connectivity index (χ4n) is 6.13. The summed E-state index contributed by atoms with van der Waals surface area (Å²) in [4.78, 5) is 11.9. The first-order valence-corrected chi connectivity index (χ1v) is 10.2. The SMILES string of the molecule is Cc1ccc(C)c([C@@H]2Nc3c(C(=O)O)cc(Cl)cc3[C@H]3[C@H]4CC[C@H](C4)[C@@H]32)c1. The fraction of sp³-hybridized carbons (Fsp3) is 0.435. The van der Waals surface area contributed by atoms with Crippen LogP contribution in [0.5, 0.6) is 0 Å². The number of carboxylic acids is 1. The molecule has 2 aromatic carbocycles. The van der Waals surface area contributed by atoms with Crippen LogP contribution in [0.15, 0.2) is 30.3 Å². The van der Waals surface area contributed by atoms with E-state index in [0.29, 0.717) is 34.3 Å². The molecule has 2 fully saturated rings. The zero-order valence-electron chi connectivity index (χ0n) is 15.6. The Hall–Kier alpha value is -2.00. The first kappa shape index (κ1) is 17.1. The topological polar surface area (TPSA) is 49.3 Å². The van der Waals surface area contributed by atoms with Crippen LogP contribution in [-0.4, -0.2) is 11.1 Å². The average molecular weight is 382 g/mol. The Labute approximate surface area is 164 Å². The minimum Gasteiger partial charge on any atom is -0.478 e. The molecule has 3 nitrogen and oxygen atoms in total. The van der Waals surface area contributed by atoms with Crippen molar-refractivity contribution in [1.29, 1.82) is 0 Å². The summed E-state index contributed by atoms with van der Waals surface area (Å²) >= 11 is 6.33. The number of carbonyl (C=O) groups is 1. The zero-order valence-corrected chi connectivity index (χ0v) is 16.4. The second-order valence-electron chi connectivity index (χ2n) is 8.64. The molecule has 0 amide bonds. The maximum atomic E-state index is 11.9. The maximum absolute atomic E-state index is 11.9. The van der Waals surface area contributed by atoms with Crippen molar-refractivity contribution in [1.82, 2.24) is 0 Å². The van der Waals surface area contributed by atoms with Crippen LogP contribution < -0.4 is 5.32 Å². The number of carboxylic acid groups (broad SMARTS) is 1. The van der Waals surface area contributed by atoms with E-state index in [1.807, 2.05) is 6.07 Å². The molecule has 5 rings (SSSR count). The molecule has 0 unspecified atom stereocenters. The summed E-state index contributed by atoms with van der Waals surface area (Å²) in [5.41, 5.74) is 6.04. The van der Waals surface area contributed by atoms with Crippen LogP contribution in [0.25, 0.3) is 0 Å². The van der Waals surface area contributed by atoms with Crippen LogP contribution in [0.2, 0.25) is 5.02 Å². The monoisotopic (exact) mass is 381 g/mol. The van der Waals surface area contributed by atoms with E-state index >= 15 is 0 Å². The Bertz CT molecular complexity index is 954. The maximum Gasteiger partial charge on any atom is 0.337 e. The van der Waals surface area contributed by atoms with Crippen LogP contribution in [0.3, 0.4) is 0 Å². The molecule has 0 saturated heterocycles. The normalized spacial score (nSPS) is 30.6. The van der Waals surface area contributed by atoms with Gasteiger partial charge in [-0.3, -0.25) is 0 Å². The largest absolute Gasteiger partial charge is 0.478 e. The van der Waals surface area contributed by atoms with Crippen molar-refractivity contribution in [2.75, 3.05) is 5.32 Å². The summed E-state index contributed by atoms with van der Waals surface area (Å²) < 4.78 is 0. The molecule has 3 aliphatic rings. The molecule has 0 spiro atoms. The third-order valence-electron chi connectivity index (χ3n) is 7.16.